The van der Waals surface area contributed by atoms with Crippen LogP contribution >= 0.6 is 0 Å². The van der Waals surface area contributed by atoms with Crippen LogP contribution in [0.1, 0.15) is 27.7 Å². The molecule has 1 heterocycles. The summed E-state index contributed by atoms with van der Waals surface area (Å²) in [6.45, 7) is 6.49. The van der Waals surface area contributed by atoms with E-state index in [1.165, 1.54) is 6.92 Å². The monoisotopic (exact) mass is 268 g/mol. The summed E-state index contributed by atoms with van der Waals surface area (Å²) in [4.78, 5) is 25.1. The lowest BCUT2D eigenvalue weighted by molar-refractivity contribution is -0.139. The van der Waals surface area contributed by atoms with Gasteiger partial charge in [0.1, 0.15) is 11.6 Å². The Morgan fingerprint density at radius 3 is 2.00 bits per heavy atom. The predicted octanol–water partition coefficient (Wildman–Crippen LogP) is 2.07. The molecule has 0 saturated heterocycles. The third kappa shape index (κ3) is 10.7. The van der Waals surface area contributed by atoms with Crippen molar-refractivity contribution in [3.05, 3.63) is 30.6 Å². The number of hydrogen-bond donors (Lipinski definition) is 2. The Balaban J connectivity index is 0.000000443. The van der Waals surface area contributed by atoms with Gasteiger partial charge in [-0.25, -0.2) is 4.79 Å². The molecule has 1 rings (SSSR count). The Morgan fingerprint density at radius 1 is 1.21 bits per heavy atom. The Bertz CT molecular complexity index is 361. The molecule has 0 aliphatic rings. The number of carbonyl (C=O) groups is 2. The van der Waals surface area contributed by atoms with Crippen molar-refractivity contribution in [2.75, 3.05) is 0 Å². The molecule has 19 heavy (non-hydrogen) atoms. The fraction of sp³-hybridized carbons (Fsp3) is 0.462. The van der Waals surface area contributed by atoms with Crippen LogP contribution in [0, 0.1) is 0 Å². The molecular formula is C13H20N2O4. The zero-order chi connectivity index (χ0) is 14.9. The van der Waals surface area contributed by atoms with Crippen LogP contribution in [-0.4, -0.2) is 33.8 Å². The molecule has 106 valence electrons. The van der Waals surface area contributed by atoms with Crippen molar-refractivity contribution in [1.29, 1.82) is 0 Å². The number of pyridine rings is 1. The molecule has 0 radical (unpaired) electrons. The molecule has 0 spiro atoms. The smallest absolute Gasteiger partial charge is 0.408 e. The summed E-state index contributed by atoms with van der Waals surface area (Å²) in [7, 11) is 0. The second-order valence-electron chi connectivity index (χ2n) is 4.73. The van der Waals surface area contributed by atoms with E-state index in [0.717, 1.165) is 0 Å². The number of nitrogens with zero attached hydrogens (tertiary/aromatic N) is 1. The number of hydrogen-bond acceptors (Lipinski definition) is 4. The molecule has 0 aliphatic carbocycles. The number of rotatable bonds is 2. The molecule has 0 aromatic carbocycles. The van der Waals surface area contributed by atoms with E-state index in [-0.39, 0.29) is 0 Å². The van der Waals surface area contributed by atoms with Gasteiger partial charge in [-0.2, -0.15) is 0 Å². The van der Waals surface area contributed by atoms with Crippen molar-refractivity contribution in [2.45, 2.75) is 39.3 Å². The van der Waals surface area contributed by atoms with Gasteiger partial charge >= 0.3 is 12.1 Å². The number of ether oxygens (including phenoxy) is 1. The minimum absolute atomic E-state index is 0.609. The second kappa shape index (κ2) is 8.07. The van der Waals surface area contributed by atoms with Gasteiger partial charge in [0.05, 0.1) is 0 Å². The quantitative estimate of drug-likeness (QED) is 0.857. The average Bonchev–Trinajstić information content (AvgIpc) is 2.29. The van der Waals surface area contributed by atoms with Gasteiger partial charge in [-0.05, 0) is 39.8 Å². The summed E-state index contributed by atoms with van der Waals surface area (Å²) in [6, 6.07) is 4.78. The molecule has 1 unspecified atom stereocenters. The average molecular weight is 268 g/mol. The van der Waals surface area contributed by atoms with Crippen molar-refractivity contribution in [2.24, 2.45) is 0 Å². The molecule has 1 amide bonds. The molecule has 6 nitrogen and oxygen atoms in total. The van der Waals surface area contributed by atoms with E-state index in [9.17, 15) is 9.59 Å². The molecule has 0 fully saturated rings. The number of carboxylic acids is 1. The highest BCUT2D eigenvalue weighted by atomic mass is 16.6. The standard InChI is InChI=1S/C8H15NO4.C5H5N/c1-5(6(10)11)9-7(12)13-8(2,3)4;1-2-4-6-5-3-1/h5H,1-4H3,(H,9,12)(H,10,11);1-5H. The van der Waals surface area contributed by atoms with Gasteiger partial charge in [0.15, 0.2) is 0 Å². The molecular weight excluding hydrogens is 248 g/mol. The Kier molecular flexibility index (Phi) is 7.18. The van der Waals surface area contributed by atoms with Gasteiger partial charge in [0.25, 0.3) is 0 Å². The number of amides is 1. The van der Waals surface area contributed by atoms with Crippen molar-refractivity contribution >= 4 is 12.1 Å². The number of nitrogens with one attached hydrogen (secondary N) is 1. The fourth-order valence-electron chi connectivity index (χ4n) is 0.859. The van der Waals surface area contributed by atoms with Gasteiger partial charge in [-0.3, -0.25) is 9.78 Å². The van der Waals surface area contributed by atoms with Gasteiger partial charge < -0.3 is 15.2 Å². The number of aromatic nitrogens is 1. The third-order valence-electron chi connectivity index (χ3n) is 1.67. The summed E-state index contributed by atoms with van der Waals surface area (Å²) in [5.41, 5.74) is -0.609. The topological polar surface area (TPSA) is 88.5 Å². The number of aliphatic carboxylic acids is 1. The van der Waals surface area contributed by atoms with E-state index in [1.54, 1.807) is 33.2 Å². The maximum atomic E-state index is 11.0. The highest BCUT2D eigenvalue weighted by Crippen LogP contribution is 2.06. The van der Waals surface area contributed by atoms with Gasteiger partial charge in [-0.1, -0.05) is 6.07 Å². The van der Waals surface area contributed by atoms with Gasteiger partial charge in [0.2, 0.25) is 0 Å². The van der Waals surface area contributed by atoms with Crippen molar-refractivity contribution in [3.63, 3.8) is 0 Å². The third-order valence-corrected chi connectivity index (χ3v) is 1.67. The van der Waals surface area contributed by atoms with Gasteiger partial charge in [-0.15, -0.1) is 0 Å². The minimum atomic E-state index is -1.09. The molecule has 1 aromatic rings. The summed E-state index contributed by atoms with van der Waals surface area (Å²) < 4.78 is 4.85. The minimum Gasteiger partial charge on any atom is -0.480 e. The first-order valence-electron chi connectivity index (χ1n) is 5.79. The first-order valence-corrected chi connectivity index (χ1v) is 5.79. The van der Waals surface area contributed by atoms with Crippen LogP contribution in [0.5, 0.6) is 0 Å². The van der Waals surface area contributed by atoms with Crippen LogP contribution in [-0.2, 0) is 9.53 Å². The lowest BCUT2D eigenvalue weighted by atomic mass is 10.2. The number of alkyl carbamates (subject to hydrolysis) is 1. The van der Waals surface area contributed by atoms with Crippen LogP contribution in [0.15, 0.2) is 30.6 Å². The molecule has 0 bridgehead atoms. The highest BCUT2D eigenvalue weighted by molar-refractivity contribution is 5.79. The SMILES string of the molecule is CC(NC(=O)OC(C)(C)C)C(=O)O.c1ccncc1. The van der Waals surface area contributed by atoms with E-state index >= 15 is 0 Å². The maximum absolute atomic E-state index is 11.0. The van der Waals surface area contributed by atoms with Gasteiger partial charge in [0, 0.05) is 12.4 Å². The molecule has 6 heteroatoms. The summed E-state index contributed by atoms with van der Waals surface area (Å²) in [5.74, 6) is -1.09. The van der Waals surface area contributed by atoms with Crippen LogP contribution < -0.4 is 5.32 Å². The predicted molar refractivity (Wildman–Crippen MR) is 70.7 cm³/mol. The van der Waals surface area contributed by atoms with Crippen LogP contribution in [0.2, 0.25) is 0 Å². The maximum Gasteiger partial charge on any atom is 0.408 e. The largest absolute Gasteiger partial charge is 0.480 e. The second-order valence-corrected chi connectivity index (χ2v) is 4.73. The lowest BCUT2D eigenvalue weighted by Gasteiger charge is -2.20. The van der Waals surface area contributed by atoms with E-state index in [0.29, 0.717) is 0 Å². The first-order chi connectivity index (χ1) is 8.72. The van der Waals surface area contributed by atoms with Crippen LogP contribution in [0.4, 0.5) is 4.79 Å². The van der Waals surface area contributed by atoms with E-state index < -0.39 is 23.7 Å². The molecule has 1 atom stereocenters. The molecule has 0 saturated carbocycles. The molecule has 0 aliphatic heterocycles. The summed E-state index contributed by atoms with van der Waals surface area (Å²) in [6.07, 6.45) is 2.78. The normalized spacial score (nSPS) is 11.6. The Morgan fingerprint density at radius 2 is 1.74 bits per heavy atom. The van der Waals surface area contributed by atoms with E-state index in [2.05, 4.69) is 10.3 Å². The Hall–Kier alpha value is -2.11. The number of carboxylic acid groups (broad SMARTS) is 1. The fourth-order valence-corrected chi connectivity index (χ4v) is 0.859. The summed E-state index contributed by atoms with van der Waals surface area (Å²) >= 11 is 0. The molecule has 2 N–H and O–H groups in total. The van der Waals surface area contributed by atoms with Crippen molar-refractivity contribution in [3.8, 4) is 0 Å². The number of carbonyl (C=O) groups excluding carboxylic acids is 1. The Labute approximate surface area is 112 Å². The summed E-state index contributed by atoms with van der Waals surface area (Å²) in [5, 5.41) is 10.6. The zero-order valence-corrected chi connectivity index (χ0v) is 11.6. The van der Waals surface area contributed by atoms with Crippen LogP contribution in [0.3, 0.4) is 0 Å². The van der Waals surface area contributed by atoms with Crippen LogP contribution in [0.25, 0.3) is 0 Å². The molecule has 1 aromatic heterocycles. The lowest BCUT2D eigenvalue weighted by Crippen LogP contribution is -2.41. The zero-order valence-electron chi connectivity index (χ0n) is 11.6. The van der Waals surface area contributed by atoms with Crippen molar-refractivity contribution < 1.29 is 19.4 Å². The highest BCUT2D eigenvalue weighted by Gasteiger charge is 2.20. The van der Waals surface area contributed by atoms with E-state index in [4.69, 9.17) is 9.84 Å². The first kappa shape index (κ1) is 16.9. The van der Waals surface area contributed by atoms with Crippen molar-refractivity contribution in [1.82, 2.24) is 10.3 Å². The van der Waals surface area contributed by atoms with E-state index in [1.807, 2.05) is 18.2 Å².